The lowest BCUT2D eigenvalue weighted by atomic mass is 9.62. The van der Waals surface area contributed by atoms with Crippen molar-refractivity contribution in [2.45, 2.75) is 47.1 Å². The van der Waals surface area contributed by atoms with E-state index < -0.39 is 52.7 Å². The van der Waals surface area contributed by atoms with Crippen molar-refractivity contribution in [1.82, 2.24) is 0 Å². The molecule has 166 valence electrons. The largest absolute Gasteiger partial charge is 0.457 e. The molecular formula is C14H5F15. The minimum absolute atomic E-state index is 0.166. The van der Waals surface area contributed by atoms with Crippen molar-refractivity contribution in [3.05, 3.63) is 35.9 Å². The van der Waals surface area contributed by atoms with Crippen LogP contribution in [-0.2, 0) is 5.67 Å². The summed E-state index contributed by atoms with van der Waals surface area (Å²) in [5.41, 5.74) is -17.2. The third-order valence-electron chi connectivity index (χ3n) is 4.48. The zero-order valence-electron chi connectivity index (χ0n) is 13.1. The number of rotatable bonds is 2. The molecule has 1 aliphatic rings. The molecule has 0 saturated heterocycles. The minimum atomic E-state index is -8.26. The average Bonchev–Trinajstić information content (AvgIpc) is 2.57. The summed E-state index contributed by atoms with van der Waals surface area (Å²) < 4.78 is 204. The van der Waals surface area contributed by atoms with Crippen LogP contribution in [0.4, 0.5) is 65.9 Å². The summed E-state index contributed by atoms with van der Waals surface area (Å²) in [4.78, 5) is 0. The van der Waals surface area contributed by atoms with Crippen molar-refractivity contribution in [3.8, 4) is 0 Å². The Hall–Kier alpha value is -1.83. The molecule has 0 bridgehead atoms. The molecule has 0 aliphatic heterocycles. The van der Waals surface area contributed by atoms with Crippen molar-refractivity contribution < 1.29 is 65.9 Å². The zero-order valence-corrected chi connectivity index (χ0v) is 13.1. The highest BCUT2D eigenvalue weighted by Gasteiger charge is 3.06. The van der Waals surface area contributed by atoms with E-state index in [0.717, 1.165) is 6.07 Å². The molecule has 2 rings (SSSR count). The van der Waals surface area contributed by atoms with Gasteiger partial charge in [0.1, 0.15) is 0 Å². The number of alkyl halides is 15. The van der Waals surface area contributed by atoms with Gasteiger partial charge in [-0.15, -0.1) is 0 Å². The first-order chi connectivity index (χ1) is 12.6. The van der Waals surface area contributed by atoms with E-state index in [1.165, 1.54) is 0 Å². The van der Waals surface area contributed by atoms with Gasteiger partial charge in [0.15, 0.2) is 0 Å². The van der Waals surface area contributed by atoms with Gasteiger partial charge in [-0.1, -0.05) is 30.3 Å². The Morgan fingerprint density at radius 2 is 0.862 bits per heavy atom. The number of halogens is 15. The van der Waals surface area contributed by atoms with Crippen LogP contribution in [0.3, 0.4) is 0 Å². The Labute approximate surface area is 150 Å². The van der Waals surface area contributed by atoms with Crippen LogP contribution in [0.25, 0.3) is 0 Å². The van der Waals surface area contributed by atoms with Gasteiger partial charge in [0.2, 0.25) is 0 Å². The van der Waals surface area contributed by atoms with Gasteiger partial charge in [-0.2, -0.15) is 57.1 Å². The van der Waals surface area contributed by atoms with E-state index in [9.17, 15) is 65.9 Å². The van der Waals surface area contributed by atoms with Crippen LogP contribution in [0.15, 0.2) is 30.3 Å². The smallest absolute Gasteiger partial charge is 0.225 e. The highest BCUT2D eigenvalue weighted by Crippen LogP contribution is 2.75. The molecule has 0 atom stereocenters. The third kappa shape index (κ3) is 2.16. The van der Waals surface area contributed by atoms with Crippen LogP contribution < -0.4 is 0 Å². The first kappa shape index (κ1) is 23.4. The lowest BCUT2D eigenvalue weighted by Gasteiger charge is -2.56. The maximum absolute atomic E-state index is 14.7. The summed E-state index contributed by atoms with van der Waals surface area (Å²) >= 11 is 0. The van der Waals surface area contributed by atoms with Crippen LogP contribution >= 0.6 is 0 Å². The summed E-state index contributed by atoms with van der Waals surface area (Å²) in [5, 5.41) is 0. The molecule has 0 unspecified atom stereocenters. The molecule has 1 aliphatic carbocycles. The van der Waals surface area contributed by atoms with E-state index >= 15 is 0 Å². The molecule has 0 aromatic heterocycles. The topological polar surface area (TPSA) is 0 Å². The summed E-state index contributed by atoms with van der Waals surface area (Å²) in [6, 6.07) is 1.25. The molecule has 0 amide bonds. The Bertz CT molecular complexity index is 748. The Morgan fingerprint density at radius 1 is 0.517 bits per heavy atom. The second-order valence-corrected chi connectivity index (χ2v) is 6.05. The summed E-state index contributed by atoms with van der Waals surface area (Å²) in [7, 11) is 0. The molecule has 0 heterocycles. The summed E-state index contributed by atoms with van der Waals surface area (Å²) in [6.07, 6.45) is -7.76. The molecule has 0 radical (unpaired) electrons. The van der Waals surface area contributed by atoms with Gasteiger partial charge in [0.05, 0.1) is 0 Å². The van der Waals surface area contributed by atoms with E-state index in [1.807, 2.05) is 0 Å². The Morgan fingerprint density at radius 3 is 1.17 bits per heavy atom. The maximum Gasteiger partial charge on any atom is 0.457 e. The number of hydrogen-bond donors (Lipinski definition) is 0. The van der Waals surface area contributed by atoms with Gasteiger partial charge in [-0.05, 0) is 0 Å². The molecule has 0 nitrogen and oxygen atoms in total. The molecule has 15 heteroatoms. The SMILES string of the molecule is FC(F)(F)C(F)(F)C1(F)C(F)(F)C(F)(F)C(F)(c2ccccc2)C(F)(F)C1(F)F. The van der Waals surface area contributed by atoms with Crippen LogP contribution in [0.1, 0.15) is 5.56 Å². The van der Waals surface area contributed by atoms with Gasteiger partial charge < -0.3 is 0 Å². The third-order valence-corrected chi connectivity index (χ3v) is 4.48. The number of hydrogen-bond acceptors (Lipinski definition) is 0. The second-order valence-electron chi connectivity index (χ2n) is 6.05. The van der Waals surface area contributed by atoms with E-state index in [1.54, 1.807) is 0 Å². The van der Waals surface area contributed by atoms with Crippen LogP contribution in [0, 0.1) is 0 Å². The molecule has 0 N–H and O–H groups in total. The lowest BCUT2D eigenvalue weighted by molar-refractivity contribution is -0.507. The van der Waals surface area contributed by atoms with Gasteiger partial charge in [-0.25, -0.2) is 8.78 Å². The standard InChI is InChI=1S/C14H5F15/c15-7(6-4-2-1-3-5-6)9(17,18)11(21,22)8(16,12(23,24)10(7,19)20)13(25,26)14(27,28)29/h1-5H. The molecule has 1 aromatic carbocycles. The Kier molecular flexibility index (Phi) is 4.57. The zero-order chi connectivity index (χ0) is 23.1. The van der Waals surface area contributed by atoms with Crippen LogP contribution in [0.5, 0.6) is 0 Å². The highest BCUT2D eigenvalue weighted by atomic mass is 19.4. The normalized spacial score (nSPS) is 33.3. The summed E-state index contributed by atoms with van der Waals surface area (Å²) in [6.45, 7) is 0. The lowest BCUT2D eigenvalue weighted by Crippen LogP contribution is -2.88. The predicted octanol–water partition coefficient (Wildman–Crippen LogP) is 6.31. The first-order valence-electron chi connectivity index (χ1n) is 7.00. The van der Waals surface area contributed by atoms with Crippen molar-refractivity contribution in [3.63, 3.8) is 0 Å². The van der Waals surface area contributed by atoms with Crippen LogP contribution in [-0.4, -0.2) is 41.5 Å². The molecule has 1 saturated carbocycles. The quantitative estimate of drug-likeness (QED) is 0.456. The van der Waals surface area contributed by atoms with Crippen LogP contribution in [0.2, 0.25) is 0 Å². The van der Waals surface area contributed by atoms with E-state index in [0.29, 0.717) is 12.1 Å². The highest BCUT2D eigenvalue weighted by molar-refractivity contribution is 5.40. The maximum atomic E-state index is 14.7. The van der Waals surface area contributed by atoms with Crippen molar-refractivity contribution in [2.24, 2.45) is 0 Å². The molecule has 1 aromatic rings. The summed E-state index contributed by atoms with van der Waals surface area (Å²) in [5.74, 6) is -39.1. The Balaban J connectivity index is 3.03. The molecular weight excluding hydrogens is 453 g/mol. The van der Waals surface area contributed by atoms with Crippen molar-refractivity contribution in [2.75, 3.05) is 0 Å². The average molecular weight is 458 g/mol. The van der Waals surface area contributed by atoms with Gasteiger partial charge in [0, 0.05) is 5.56 Å². The van der Waals surface area contributed by atoms with E-state index in [4.69, 9.17) is 0 Å². The molecule has 0 spiro atoms. The predicted molar refractivity (Wildman–Crippen MR) is 63.9 cm³/mol. The monoisotopic (exact) mass is 458 g/mol. The fraction of sp³-hybridized carbons (Fsp3) is 0.571. The van der Waals surface area contributed by atoms with Crippen molar-refractivity contribution >= 4 is 0 Å². The van der Waals surface area contributed by atoms with E-state index in [-0.39, 0.29) is 12.1 Å². The second kappa shape index (κ2) is 5.65. The molecule has 1 fully saturated rings. The van der Waals surface area contributed by atoms with Crippen molar-refractivity contribution in [1.29, 1.82) is 0 Å². The molecule has 29 heavy (non-hydrogen) atoms. The first-order valence-corrected chi connectivity index (χ1v) is 7.00. The fourth-order valence-corrected chi connectivity index (χ4v) is 2.88. The van der Waals surface area contributed by atoms with Gasteiger partial charge in [-0.3, -0.25) is 0 Å². The van der Waals surface area contributed by atoms with Gasteiger partial charge >= 0.3 is 41.5 Å². The van der Waals surface area contributed by atoms with E-state index in [2.05, 4.69) is 0 Å². The number of benzene rings is 1. The minimum Gasteiger partial charge on any atom is -0.225 e. The fourth-order valence-electron chi connectivity index (χ4n) is 2.88. The van der Waals surface area contributed by atoms with Gasteiger partial charge in [0.25, 0.3) is 5.67 Å².